The second-order valence-electron chi connectivity index (χ2n) is 7.19. The highest BCUT2D eigenvalue weighted by molar-refractivity contribution is 5.59. The number of hydrogen-bond acceptors (Lipinski definition) is 3. The number of likely N-dealkylation sites (tertiary alicyclic amines) is 1. The van der Waals surface area contributed by atoms with E-state index in [0.29, 0.717) is 22.9 Å². The number of amides is 1. The van der Waals surface area contributed by atoms with Gasteiger partial charge in [-0.25, -0.2) is 4.48 Å². The molecule has 2 rings (SSSR count). The van der Waals surface area contributed by atoms with Gasteiger partial charge in [0.15, 0.2) is 0 Å². The first-order valence-corrected chi connectivity index (χ1v) is 8.88. The zero-order chi connectivity index (χ0) is 15.3. The molecular formula is C17H33N2O2+. The van der Waals surface area contributed by atoms with E-state index in [0.717, 1.165) is 26.1 Å². The average molecular weight is 297 g/mol. The molecule has 1 saturated heterocycles. The zero-order valence-corrected chi connectivity index (χ0v) is 13.9. The van der Waals surface area contributed by atoms with Gasteiger partial charge in [-0.3, -0.25) is 0 Å². The van der Waals surface area contributed by atoms with Crippen LogP contribution in [0.1, 0.15) is 58.8 Å². The number of nitrogens with two attached hydrogens (primary N) is 1. The van der Waals surface area contributed by atoms with E-state index in [9.17, 15) is 4.79 Å². The van der Waals surface area contributed by atoms with Gasteiger partial charge in [-0.05, 0) is 32.6 Å². The molecule has 0 aromatic heterocycles. The van der Waals surface area contributed by atoms with Crippen LogP contribution in [0.2, 0.25) is 0 Å². The van der Waals surface area contributed by atoms with Crippen LogP contribution >= 0.6 is 0 Å². The van der Waals surface area contributed by atoms with Crippen molar-refractivity contribution in [2.24, 2.45) is 17.6 Å². The van der Waals surface area contributed by atoms with Crippen LogP contribution in [0.15, 0.2) is 0 Å². The minimum absolute atomic E-state index is 0.0268. The van der Waals surface area contributed by atoms with Gasteiger partial charge in [0.25, 0.3) is 0 Å². The molecule has 1 saturated carbocycles. The van der Waals surface area contributed by atoms with Crippen LogP contribution in [0.4, 0.5) is 4.79 Å². The fourth-order valence-corrected chi connectivity index (χ4v) is 4.10. The van der Waals surface area contributed by atoms with Crippen molar-refractivity contribution < 1.29 is 14.0 Å². The minimum Gasteiger partial charge on any atom is -0.420 e. The lowest BCUT2D eigenvalue weighted by Crippen LogP contribution is -2.65. The van der Waals surface area contributed by atoms with Crippen molar-refractivity contribution in [3.05, 3.63) is 0 Å². The van der Waals surface area contributed by atoms with E-state index in [4.69, 9.17) is 10.5 Å². The van der Waals surface area contributed by atoms with Crippen LogP contribution in [0.5, 0.6) is 0 Å². The van der Waals surface area contributed by atoms with Crippen molar-refractivity contribution in [1.82, 2.24) is 0 Å². The summed E-state index contributed by atoms with van der Waals surface area (Å²) in [5.41, 5.74) is 6.32. The Hall–Kier alpha value is -0.610. The third kappa shape index (κ3) is 4.19. The number of ether oxygens (including phenoxy) is 1. The van der Waals surface area contributed by atoms with E-state index in [1.807, 2.05) is 6.92 Å². The largest absolute Gasteiger partial charge is 0.516 e. The average Bonchev–Trinajstić information content (AvgIpc) is 2.40. The third-order valence-electron chi connectivity index (χ3n) is 5.28. The van der Waals surface area contributed by atoms with Gasteiger partial charge in [-0.2, -0.15) is 4.79 Å². The summed E-state index contributed by atoms with van der Waals surface area (Å²) >= 11 is 0. The summed E-state index contributed by atoms with van der Waals surface area (Å²) in [6.45, 7) is 7.27. The van der Waals surface area contributed by atoms with Crippen molar-refractivity contribution >= 4 is 6.09 Å². The third-order valence-corrected chi connectivity index (χ3v) is 5.28. The molecule has 1 aliphatic heterocycles. The standard InChI is InChI=1S/C17H33N2O2/c1-3-5-7-15-10-16(18)13-19(12-15,17(20)21-4-2)11-14-8-6-9-14/h14-16H,3-13,18H2,1-2H3/q+1. The molecule has 0 aromatic carbocycles. The number of rotatable bonds is 6. The monoisotopic (exact) mass is 297 g/mol. The van der Waals surface area contributed by atoms with Crippen LogP contribution in [0.25, 0.3) is 0 Å². The Morgan fingerprint density at radius 2 is 2.00 bits per heavy atom. The molecular weight excluding hydrogens is 264 g/mol. The first-order chi connectivity index (χ1) is 10.1. The maximum Gasteiger partial charge on any atom is 0.516 e. The van der Waals surface area contributed by atoms with Crippen LogP contribution in [-0.2, 0) is 4.74 Å². The van der Waals surface area contributed by atoms with Gasteiger partial charge in [-0.1, -0.05) is 26.2 Å². The van der Waals surface area contributed by atoms with Gasteiger partial charge in [0, 0.05) is 11.8 Å². The lowest BCUT2D eigenvalue weighted by Gasteiger charge is -2.45. The second kappa shape index (κ2) is 7.59. The fraction of sp³-hybridized carbons (Fsp3) is 0.941. The van der Waals surface area contributed by atoms with Gasteiger partial charge in [-0.15, -0.1) is 0 Å². The molecule has 1 amide bonds. The number of piperidine rings is 1. The zero-order valence-electron chi connectivity index (χ0n) is 13.9. The molecule has 0 spiro atoms. The van der Waals surface area contributed by atoms with Gasteiger partial charge in [0.05, 0.1) is 25.7 Å². The SMILES string of the molecule is CCCCC1CC(N)C[N+](CC2CCC2)(C(=O)OCC)C1. The van der Waals surface area contributed by atoms with Gasteiger partial charge in [0.1, 0.15) is 6.54 Å². The van der Waals surface area contributed by atoms with E-state index in [2.05, 4.69) is 6.92 Å². The molecule has 4 heteroatoms. The molecule has 122 valence electrons. The van der Waals surface area contributed by atoms with E-state index in [1.54, 1.807) is 0 Å². The summed E-state index contributed by atoms with van der Waals surface area (Å²) in [6.07, 6.45) is 8.57. The maximum atomic E-state index is 12.7. The van der Waals surface area contributed by atoms with Gasteiger partial charge in [0.2, 0.25) is 0 Å². The number of carbonyl (C=O) groups excluding carboxylic acids is 1. The first-order valence-electron chi connectivity index (χ1n) is 8.88. The van der Waals surface area contributed by atoms with Crippen molar-refractivity contribution in [1.29, 1.82) is 0 Å². The highest BCUT2D eigenvalue weighted by Gasteiger charge is 2.47. The van der Waals surface area contributed by atoms with Gasteiger partial charge < -0.3 is 10.5 Å². The molecule has 4 nitrogen and oxygen atoms in total. The second-order valence-corrected chi connectivity index (χ2v) is 7.19. The molecule has 0 aromatic rings. The predicted octanol–water partition coefficient (Wildman–Crippen LogP) is 3.30. The molecule has 21 heavy (non-hydrogen) atoms. The Labute approximate surface area is 129 Å². The van der Waals surface area contributed by atoms with Gasteiger partial charge >= 0.3 is 6.09 Å². The van der Waals surface area contributed by atoms with Crippen molar-refractivity contribution in [3.8, 4) is 0 Å². The highest BCUT2D eigenvalue weighted by Crippen LogP contribution is 2.34. The van der Waals surface area contributed by atoms with Crippen LogP contribution < -0.4 is 5.73 Å². The normalized spacial score (nSPS) is 33.5. The smallest absolute Gasteiger partial charge is 0.420 e. The Balaban J connectivity index is 2.09. The van der Waals surface area contributed by atoms with Crippen LogP contribution in [0.3, 0.4) is 0 Å². The first kappa shape index (κ1) is 16.8. The Morgan fingerprint density at radius 3 is 2.57 bits per heavy atom. The summed E-state index contributed by atoms with van der Waals surface area (Å²) in [4.78, 5) is 12.7. The Morgan fingerprint density at radius 1 is 1.24 bits per heavy atom. The van der Waals surface area contributed by atoms with Crippen LogP contribution in [-0.4, -0.2) is 42.9 Å². The number of carbonyl (C=O) groups is 1. The number of hydrogen-bond donors (Lipinski definition) is 1. The van der Waals surface area contributed by atoms with E-state index < -0.39 is 0 Å². The highest BCUT2D eigenvalue weighted by atomic mass is 16.6. The molecule has 2 N–H and O–H groups in total. The molecule has 1 heterocycles. The van der Waals surface area contributed by atoms with Crippen molar-refractivity contribution in [3.63, 3.8) is 0 Å². The topological polar surface area (TPSA) is 52.3 Å². The number of unbranched alkanes of at least 4 members (excludes halogenated alkanes) is 1. The van der Waals surface area contributed by atoms with E-state index >= 15 is 0 Å². The summed E-state index contributed by atoms with van der Waals surface area (Å²) in [5, 5.41) is 0. The number of quaternary nitrogens is 1. The molecule has 2 aliphatic rings. The molecule has 0 radical (unpaired) electrons. The summed E-state index contributed by atoms with van der Waals surface area (Å²) in [7, 11) is 0. The molecule has 3 unspecified atom stereocenters. The van der Waals surface area contributed by atoms with Crippen molar-refractivity contribution in [2.75, 3.05) is 26.2 Å². The van der Waals surface area contributed by atoms with Crippen LogP contribution in [0, 0.1) is 11.8 Å². The molecule has 1 aliphatic carbocycles. The minimum atomic E-state index is -0.0268. The lowest BCUT2D eigenvalue weighted by atomic mass is 9.82. The summed E-state index contributed by atoms with van der Waals surface area (Å²) < 4.78 is 5.93. The van der Waals surface area contributed by atoms with E-state index in [-0.39, 0.29) is 12.1 Å². The summed E-state index contributed by atoms with van der Waals surface area (Å²) in [6, 6.07) is 0.144. The molecule has 2 fully saturated rings. The Kier molecular flexibility index (Phi) is 6.06. The quantitative estimate of drug-likeness (QED) is 0.765. The van der Waals surface area contributed by atoms with E-state index in [1.165, 1.54) is 38.5 Å². The lowest BCUT2D eigenvalue weighted by molar-refractivity contribution is -0.872. The Bertz CT molecular complexity index is 344. The predicted molar refractivity (Wildman–Crippen MR) is 84.8 cm³/mol. The summed E-state index contributed by atoms with van der Waals surface area (Å²) in [5.74, 6) is 1.28. The fourth-order valence-electron chi connectivity index (χ4n) is 4.10. The molecule has 0 bridgehead atoms. The maximum absolute atomic E-state index is 12.7. The van der Waals surface area contributed by atoms with Crippen molar-refractivity contribution in [2.45, 2.75) is 64.8 Å². The molecule has 3 atom stereocenters. The number of nitrogens with zero attached hydrogens (tertiary/aromatic N) is 1.